The second-order valence-corrected chi connectivity index (χ2v) is 9.47. The van der Waals surface area contributed by atoms with Crippen LogP contribution in [0.15, 0.2) is 58.3 Å². The van der Waals surface area contributed by atoms with Gasteiger partial charge in [0.1, 0.15) is 0 Å². The maximum Gasteiger partial charge on any atom is 0.0447 e. The molecule has 3 nitrogen and oxygen atoms in total. The van der Waals surface area contributed by atoms with Gasteiger partial charge in [0.15, 0.2) is 0 Å². The molecule has 5 heteroatoms. The van der Waals surface area contributed by atoms with Crippen molar-refractivity contribution in [2.75, 3.05) is 0 Å². The molecular formula is C24H36N2OS2. The molecule has 0 aliphatic rings. The Labute approximate surface area is 185 Å². The van der Waals surface area contributed by atoms with E-state index in [1.807, 2.05) is 0 Å². The summed E-state index contributed by atoms with van der Waals surface area (Å²) in [5.74, 6) is 0. The van der Waals surface area contributed by atoms with Gasteiger partial charge in [0.05, 0.1) is 0 Å². The van der Waals surface area contributed by atoms with Gasteiger partial charge in [0, 0.05) is 46.0 Å². The van der Waals surface area contributed by atoms with Crippen LogP contribution in [0, 0.1) is 0 Å². The fraction of sp³-hybridized carbons (Fsp3) is 0.500. The maximum absolute atomic E-state index is 6.01. The second kappa shape index (κ2) is 14.1. The highest BCUT2D eigenvalue weighted by atomic mass is 32.2. The summed E-state index contributed by atoms with van der Waals surface area (Å²) in [5.41, 5.74) is 14.7. The Balaban J connectivity index is 1.75. The zero-order chi connectivity index (χ0) is 20.9. The summed E-state index contributed by atoms with van der Waals surface area (Å²) in [6, 6.07) is 17.9. The first-order valence-electron chi connectivity index (χ1n) is 10.8. The van der Waals surface area contributed by atoms with E-state index in [2.05, 4.69) is 62.4 Å². The molecule has 160 valence electrons. The predicted molar refractivity (Wildman–Crippen MR) is 128 cm³/mol. The molecule has 0 radical (unpaired) electrons. The van der Waals surface area contributed by atoms with Crippen molar-refractivity contribution in [3.63, 3.8) is 0 Å². The summed E-state index contributed by atoms with van der Waals surface area (Å²) < 4.78 is 5.83. The van der Waals surface area contributed by atoms with Gasteiger partial charge in [-0.3, -0.25) is 0 Å². The molecule has 0 aromatic heterocycles. The van der Waals surface area contributed by atoms with Crippen LogP contribution in [0.4, 0.5) is 0 Å². The fourth-order valence-corrected chi connectivity index (χ4v) is 4.58. The molecular weight excluding hydrogens is 396 g/mol. The molecule has 0 aliphatic heterocycles. The van der Waals surface area contributed by atoms with Gasteiger partial charge < -0.3 is 11.5 Å². The van der Waals surface area contributed by atoms with E-state index >= 15 is 0 Å². The Hall–Kier alpha value is -0.980. The van der Waals surface area contributed by atoms with Crippen molar-refractivity contribution in [3.8, 4) is 0 Å². The van der Waals surface area contributed by atoms with E-state index in [0.717, 1.165) is 61.2 Å². The Kier molecular flexibility index (Phi) is 11.8. The Morgan fingerprint density at radius 2 is 1.21 bits per heavy atom. The minimum absolute atomic E-state index is 0.325. The lowest BCUT2D eigenvalue weighted by Crippen LogP contribution is -2.18. The van der Waals surface area contributed by atoms with Gasteiger partial charge in [-0.1, -0.05) is 38.1 Å². The summed E-state index contributed by atoms with van der Waals surface area (Å²) in [7, 11) is 0. The average Bonchev–Trinajstić information content (AvgIpc) is 2.74. The van der Waals surface area contributed by atoms with Crippen LogP contribution in [0.25, 0.3) is 0 Å². The van der Waals surface area contributed by atoms with Crippen LogP contribution in [0.3, 0.4) is 0 Å². The molecule has 2 aromatic carbocycles. The molecule has 2 aromatic rings. The van der Waals surface area contributed by atoms with Crippen molar-refractivity contribution in [1.82, 2.24) is 0 Å². The number of rotatable bonds is 14. The first-order chi connectivity index (χ1) is 14.1. The van der Waals surface area contributed by atoms with Gasteiger partial charge in [-0.15, -0.1) is 0 Å². The van der Waals surface area contributed by atoms with Crippen molar-refractivity contribution >= 4 is 24.1 Å². The SMILES string of the molecule is CCC(N)CCCc1cccc(SOSc2cccc(CCCC(N)CC)c2)c1. The molecule has 0 amide bonds. The molecule has 0 fully saturated rings. The molecule has 4 N–H and O–H groups in total. The topological polar surface area (TPSA) is 61.3 Å². The van der Waals surface area contributed by atoms with Crippen LogP contribution < -0.4 is 11.5 Å². The maximum atomic E-state index is 6.01. The minimum Gasteiger partial charge on any atom is -0.328 e. The number of benzene rings is 2. The third kappa shape index (κ3) is 10.1. The van der Waals surface area contributed by atoms with Gasteiger partial charge >= 0.3 is 0 Å². The highest BCUT2D eigenvalue weighted by Gasteiger charge is 2.04. The highest BCUT2D eigenvalue weighted by Crippen LogP contribution is 2.31. The summed E-state index contributed by atoms with van der Waals surface area (Å²) in [5, 5.41) is 0. The molecule has 0 saturated carbocycles. The standard InChI is InChI=1S/C24H36N2OS2/c1-3-21(25)13-5-9-19-11-7-15-23(17-19)28-27-29-24-16-8-12-20(18-24)10-6-14-22(26)4-2/h7-8,11-12,15-18,21-22H,3-6,9-10,13-14,25-26H2,1-2H3. The van der Waals surface area contributed by atoms with Crippen molar-refractivity contribution in [3.05, 3.63) is 59.7 Å². The third-order valence-electron chi connectivity index (χ3n) is 5.19. The summed E-state index contributed by atoms with van der Waals surface area (Å²) in [4.78, 5) is 2.28. The Bertz CT molecular complexity index is 651. The zero-order valence-electron chi connectivity index (χ0n) is 17.8. The van der Waals surface area contributed by atoms with Crippen molar-refractivity contribution in [2.45, 2.75) is 87.1 Å². The van der Waals surface area contributed by atoms with Crippen LogP contribution in [0.1, 0.15) is 63.5 Å². The van der Waals surface area contributed by atoms with E-state index in [4.69, 9.17) is 15.1 Å². The van der Waals surface area contributed by atoms with E-state index in [9.17, 15) is 0 Å². The van der Waals surface area contributed by atoms with Crippen molar-refractivity contribution in [1.29, 1.82) is 0 Å². The molecule has 2 rings (SSSR count). The lowest BCUT2D eigenvalue weighted by atomic mass is 10.0. The molecule has 2 atom stereocenters. The van der Waals surface area contributed by atoms with Gasteiger partial charge in [-0.05, 0) is 86.8 Å². The van der Waals surface area contributed by atoms with E-state index in [1.165, 1.54) is 35.2 Å². The van der Waals surface area contributed by atoms with Gasteiger partial charge in [-0.25, -0.2) is 3.63 Å². The molecule has 29 heavy (non-hydrogen) atoms. The number of nitrogens with two attached hydrogens (primary N) is 2. The monoisotopic (exact) mass is 432 g/mol. The van der Waals surface area contributed by atoms with Crippen LogP contribution in [-0.4, -0.2) is 12.1 Å². The number of aryl methyl sites for hydroxylation is 2. The Morgan fingerprint density at radius 3 is 1.62 bits per heavy atom. The van der Waals surface area contributed by atoms with E-state index in [0.29, 0.717) is 12.1 Å². The zero-order valence-corrected chi connectivity index (χ0v) is 19.4. The van der Waals surface area contributed by atoms with Gasteiger partial charge in [0.2, 0.25) is 0 Å². The summed E-state index contributed by atoms with van der Waals surface area (Å²) >= 11 is 2.85. The molecule has 0 spiro atoms. The normalized spacial score (nSPS) is 13.4. The first-order valence-corrected chi connectivity index (χ1v) is 12.3. The summed E-state index contributed by atoms with van der Waals surface area (Å²) in [6.45, 7) is 4.29. The average molecular weight is 433 g/mol. The molecule has 0 heterocycles. The van der Waals surface area contributed by atoms with E-state index in [-0.39, 0.29) is 0 Å². The minimum atomic E-state index is 0.325. The highest BCUT2D eigenvalue weighted by molar-refractivity contribution is 8.07. The fourth-order valence-electron chi connectivity index (χ4n) is 3.15. The van der Waals surface area contributed by atoms with E-state index in [1.54, 1.807) is 0 Å². The van der Waals surface area contributed by atoms with Crippen molar-refractivity contribution in [2.24, 2.45) is 11.5 Å². The van der Waals surface area contributed by atoms with Crippen molar-refractivity contribution < 1.29 is 3.63 Å². The van der Waals surface area contributed by atoms with Crippen LogP contribution >= 0.6 is 24.1 Å². The molecule has 2 unspecified atom stereocenters. The van der Waals surface area contributed by atoms with Gasteiger partial charge in [0.25, 0.3) is 0 Å². The number of hydrogen-bond acceptors (Lipinski definition) is 5. The summed E-state index contributed by atoms with van der Waals surface area (Å²) in [6.07, 6.45) is 8.67. The second-order valence-electron chi connectivity index (χ2n) is 7.65. The lowest BCUT2D eigenvalue weighted by molar-refractivity contribution is 0.568. The van der Waals surface area contributed by atoms with Crippen LogP contribution in [-0.2, 0) is 16.5 Å². The quantitative estimate of drug-likeness (QED) is 0.332. The Morgan fingerprint density at radius 1 is 0.759 bits per heavy atom. The molecule has 0 bridgehead atoms. The largest absolute Gasteiger partial charge is 0.328 e. The smallest absolute Gasteiger partial charge is 0.0447 e. The van der Waals surface area contributed by atoms with Crippen LogP contribution in [0.5, 0.6) is 0 Å². The third-order valence-corrected chi connectivity index (χ3v) is 6.62. The van der Waals surface area contributed by atoms with Gasteiger partial charge in [-0.2, -0.15) is 0 Å². The van der Waals surface area contributed by atoms with Crippen LogP contribution in [0.2, 0.25) is 0 Å². The predicted octanol–water partition coefficient (Wildman–Crippen LogP) is 6.54. The molecule has 0 aliphatic carbocycles. The molecule has 0 saturated heterocycles. The first kappa shape index (κ1) is 24.3. The number of hydrogen-bond donors (Lipinski definition) is 2. The van der Waals surface area contributed by atoms with E-state index < -0.39 is 0 Å². The lowest BCUT2D eigenvalue weighted by Gasteiger charge is -2.09.